The second-order valence-electron chi connectivity index (χ2n) is 7.00. The standard InChI is InChI=1S/C18H28N2O5/c1-12(2)10-24-11-15(16-4-3-9-25-16)20-18(23)19-14-7-5-13(6-8-14)17(21)22/h3-4,9,12-15H,5-8,10-11H2,1-2H3,(H,21,22)(H2,19,20,23). The molecule has 140 valence electrons. The zero-order valence-corrected chi connectivity index (χ0v) is 14.9. The van der Waals surface area contributed by atoms with Crippen LogP contribution >= 0.6 is 0 Å². The zero-order chi connectivity index (χ0) is 18.2. The van der Waals surface area contributed by atoms with E-state index in [4.69, 9.17) is 14.3 Å². The summed E-state index contributed by atoms with van der Waals surface area (Å²) in [5.74, 6) is 0.0217. The van der Waals surface area contributed by atoms with Crippen molar-refractivity contribution in [2.45, 2.75) is 51.6 Å². The molecule has 0 bridgehead atoms. The third-order valence-electron chi connectivity index (χ3n) is 4.34. The summed E-state index contributed by atoms with van der Waals surface area (Å²) in [6.07, 6.45) is 4.12. The van der Waals surface area contributed by atoms with Gasteiger partial charge < -0.3 is 24.9 Å². The van der Waals surface area contributed by atoms with Crippen molar-refractivity contribution in [3.63, 3.8) is 0 Å². The van der Waals surface area contributed by atoms with Gasteiger partial charge in [-0.3, -0.25) is 4.79 Å². The number of hydrogen-bond acceptors (Lipinski definition) is 4. The van der Waals surface area contributed by atoms with Crippen LogP contribution in [0, 0.1) is 11.8 Å². The molecule has 1 atom stereocenters. The van der Waals surface area contributed by atoms with E-state index in [1.807, 2.05) is 6.07 Å². The lowest BCUT2D eigenvalue weighted by molar-refractivity contribution is -0.142. The maximum Gasteiger partial charge on any atom is 0.315 e. The molecular weight excluding hydrogens is 324 g/mol. The van der Waals surface area contributed by atoms with Gasteiger partial charge in [0.25, 0.3) is 0 Å². The van der Waals surface area contributed by atoms with Gasteiger partial charge in [-0.2, -0.15) is 0 Å². The minimum absolute atomic E-state index is 0.00411. The Bertz CT molecular complexity index is 536. The summed E-state index contributed by atoms with van der Waals surface area (Å²) in [6.45, 7) is 5.08. The quantitative estimate of drug-likeness (QED) is 0.668. The number of nitrogens with one attached hydrogen (secondary N) is 2. The summed E-state index contributed by atoms with van der Waals surface area (Å²) in [5.41, 5.74) is 0. The first-order valence-corrected chi connectivity index (χ1v) is 8.86. The van der Waals surface area contributed by atoms with Gasteiger partial charge in [-0.05, 0) is 43.7 Å². The van der Waals surface area contributed by atoms with E-state index in [1.165, 1.54) is 0 Å². The number of carbonyl (C=O) groups excluding carboxylic acids is 1. The molecule has 25 heavy (non-hydrogen) atoms. The van der Waals surface area contributed by atoms with Crippen molar-refractivity contribution in [3.8, 4) is 0 Å². The third kappa shape index (κ3) is 6.42. The molecule has 0 spiro atoms. The van der Waals surface area contributed by atoms with Crippen molar-refractivity contribution in [3.05, 3.63) is 24.2 Å². The van der Waals surface area contributed by atoms with Crippen LogP contribution in [-0.2, 0) is 9.53 Å². The molecule has 1 aliphatic carbocycles. The van der Waals surface area contributed by atoms with Crippen molar-refractivity contribution < 1.29 is 23.8 Å². The number of aliphatic carboxylic acids is 1. The van der Waals surface area contributed by atoms with Gasteiger partial charge >= 0.3 is 12.0 Å². The van der Waals surface area contributed by atoms with Crippen LogP contribution in [0.1, 0.15) is 51.3 Å². The van der Waals surface area contributed by atoms with E-state index in [1.54, 1.807) is 12.3 Å². The van der Waals surface area contributed by atoms with Crippen LogP contribution in [0.3, 0.4) is 0 Å². The van der Waals surface area contributed by atoms with Crippen LogP contribution in [0.4, 0.5) is 4.79 Å². The first kappa shape index (κ1) is 19.3. The Morgan fingerprint density at radius 2 is 2.00 bits per heavy atom. The monoisotopic (exact) mass is 352 g/mol. The maximum atomic E-state index is 12.3. The average Bonchev–Trinajstić information content (AvgIpc) is 3.08. The Labute approximate surface area is 148 Å². The SMILES string of the molecule is CC(C)COCC(NC(=O)NC1CCC(C(=O)O)CC1)c1ccco1. The summed E-state index contributed by atoms with van der Waals surface area (Å²) in [6, 6.07) is 2.95. The number of rotatable bonds is 8. The summed E-state index contributed by atoms with van der Waals surface area (Å²) in [7, 11) is 0. The molecule has 3 N–H and O–H groups in total. The Balaban J connectivity index is 1.81. The summed E-state index contributed by atoms with van der Waals surface area (Å²) < 4.78 is 11.0. The number of amides is 2. The van der Waals surface area contributed by atoms with Crippen LogP contribution in [0.25, 0.3) is 0 Å². The van der Waals surface area contributed by atoms with E-state index < -0.39 is 5.97 Å². The van der Waals surface area contributed by atoms with E-state index in [2.05, 4.69) is 24.5 Å². The molecule has 1 aliphatic rings. The maximum absolute atomic E-state index is 12.3. The van der Waals surface area contributed by atoms with Crippen molar-refractivity contribution in [2.75, 3.05) is 13.2 Å². The average molecular weight is 352 g/mol. The van der Waals surface area contributed by atoms with Crippen molar-refractivity contribution in [1.82, 2.24) is 10.6 Å². The largest absolute Gasteiger partial charge is 0.481 e. The van der Waals surface area contributed by atoms with Crippen LogP contribution in [-0.4, -0.2) is 36.4 Å². The van der Waals surface area contributed by atoms with Crippen LogP contribution < -0.4 is 10.6 Å². The lowest BCUT2D eigenvalue weighted by Gasteiger charge is -2.27. The molecule has 1 unspecified atom stereocenters. The fourth-order valence-corrected chi connectivity index (χ4v) is 2.98. The Hall–Kier alpha value is -2.02. The lowest BCUT2D eigenvalue weighted by Crippen LogP contribution is -2.46. The van der Waals surface area contributed by atoms with E-state index in [-0.39, 0.29) is 24.0 Å². The molecule has 7 nitrogen and oxygen atoms in total. The van der Waals surface area contributed by atoms with E-state index >= 15 is 0 Å². The topological polar surface area (TPSA) is 101 Å². The zero-order valence-electron chi connectivity index (χ0n) is 14.9. The predicted octanol–water partition coefficient (Wildman–Crippen LogP) is 2.94. The van der Waals surface area contributed by atoms with Gasteiger partial charge in [0.1, 0.15) is 11.8 Å². The van der Waals surface area contributed by atoms with Gasteiger partial charge in [-0.15, -0.1) is 0 Å². The predicted molar refractivity (Wildman–Crippen MR) is 92.2 cm³/mol. The Morgan fingerprint density at radius 1 is 1.28 bits per heavy atom. The van der Waals surface area contributed by atoms with Gasteiger partial charge in [-0.25, -0.2) is 4.79 Å². The number of urea groups is 1. The normalized spacial score (nSPS) is 21.7. The highest BCUT2D eigenvalue weighted by Crippen LogP contribution is 2.24. The molecule has 0 radical (unpaired) electrons. The highest BCUT2D eigenvalue weighted by Gasteiger charge is 2.27. The number of carboxylic acids is 1. The van der Waals surface area contributed by atoms with Gasteiger partial charge in [0.05, 0.1) is 18.8 Å². The summed E-state index contributed by atoms with van der Waals surface area (Å²) in [4.78, 5) is 23.3. The van der Waals surface area contributed by atoms with Crippen LogP contribution in [0.15, 0.2) is 22.8 Å². The first-order chi connectivity index (χ1) is 12.0. The fourth-order valence-electron chi connectivity index (χ4n) is 2.98. The summed E-state index contributed by atoms with van der Waals surface area (Å²) >= 11 is 0. The molecular formula is C18H28N2O5. The van der Waals surface area contributed by atoms with Gasteiger partial charge in [-0.1, -0.05) is 13.8 Å². The molecule has 1 aromatic heterocycles. The molecule has 0 aliphatic heterocycles. The molecule has 2 rings (SSSR count). The lowest BCUT2D eigenvalue weighted by atomic mass is 9.86. The van der Waals surface area contributed by atoms with E-state index in [0.717, 1.165) is 0 Å². The third-order valence-corrected chi connectivity index (χ3v) is 4.34. The molecule has 1 aromatic rings. The Kier molecular flexibility index (Phi) is 7.31. The molecule has 0 saturated heterocycles. The van der Waals surface area contributed by atoms with E-state index in [9.17, 15) is 9.59 Å². The van der Waals surface area contributed by atoms with Crippen molar-refractivity contribution >= 4 is 12.0 Å². The van der Waals surface area contributed by atoms with Crippen LogP contribution in [0.5, 0.6) is 0 Å². The second kappa shape index (κ2) is 9.46. The molecule has 2 amide bonds. The highest BCUT2D eigenvalue weighted by molar-refractivity contribution is 5.75. The number of carboxylic acid groups (broad SMARTS) is 1. The number of hydrogen-bond donors (Lipinski definition) is 3. The van der Waals surface area contributed by atoms with Gasteiger partial charge in [0.15, 0.2) is 0 Å². The molecule has 1 saturated carbocycles. The smallest absolute Gasteiger partial charge is 0.315 e. The Morgan fingerprint density at radius 3 is 2.56 bits per heavy atom. The molecule has 1 heterocycles. The minimum Gasteiger partial charge on any atom is -0.481 e. The highest BCUT2D eigenvalue weighted by atomic mass is 16.5. The molecule has 1 fully saturated rings. The molecule has 7 heteroatoms. The number of carbonyl (C=O) groups is 2. The van der Waals surface area contributed by atoms with Gasteiger partial charge in [0.2, 0.25) is 0 Å². The molecule has 0 aromatic carbocycles. The number of ether oxygens (including phenoxy) is 1. The summed E-state index contributed by atoms with van der Waals surface area (Å²) in [5, 5.41) is 14.8. The van der Waals surface area contributed by atoms with Gasteiger partial charge in [0, 0.05) is 12.6 Å². The van der Waals surface area contributed by atoms with Crippen molar-refractivity contribution in [2.24, 2.45) is 11.8 Å². The fraction of sp³-hybridized carbons (Fsp3) is 0.667. The van der Waals surface area contributed by atoms with E-state index in [0.29, 0.717) is 50.6 Å². The number of furan rings is 1. The second-order valence-corrected chi connectivity index (χ2v) is 7.00. The first-order valence-electron chi connectivity index (χ1n) is 8.86. The van der Waals surface area contributed by atoms with Crippen LogP contribution in [0.2, 0.25) is 0 Å². The minimum atomic E-state index is -0.747. The van der Waals surface area contributed by atoms with Crippen molar-refractivity contribution in [1.29, 1.82) is 0 Å².